The van der Waals surface area contributed by atoms with Gasteiger partial charge in [-0.1, -0.05) is 0 Å². The van der Waals surface area contributed by atoms with E-state index >= 15 is 0 Å². The van der Waals surface area contributed by atoms with Crippen LogP contribution in [-0.2, 0) is 0 Å². The van der Waals surface area contributed by atoms with Crippen LogP contribution in [0.1, 0.15) is 27.7 Å². The van der Waals surface area contributed by atoms with Crippen LogP contribution in [0.2, 0.25) is 8.87 Å². The Balaban J connectivity index is 0.000000171. The van der Waals surface area contributed by atoms with Gasteiger partial charge >= 0.3 is 313 Å². The second-order valence-corrected chi connectivity index (χ2v) is 30.3. The number of benzene rings is 6. The van der Waals surface area contributed by atoms with Crippen molar-refractivity contribution in [1.29, 1.82) is 0 Å². The molecule has 0 bridgehead atoms. The van der Waals surface area contributed by atoms with Gasteiger partial charge in [-0.25, -0.2) is 0 Å². The van der Waals surface area contributed by atoms with E-state index in [0.717, 1.165) is 11.8 Å². The fraction of sp³-hybridized carbons (Fsp3) is 0.182. The Kier molecular flexibility index (Phi) is 17.3. The number of hydrogen-bond acceptors (Lipinski definition) is 0. The van der Waals surface area contributed by atoms with E-state index in [9.17, 15) is 0 Å². The minimum atomic E-state index is -1.98. The van der Waals surface area contributed by atoms with Crippen molar-refractivity contribution < 1.29 is 0 Å². The molecule has 0 atom stereocenters. The fourth-order valence-electron chi connectivity index (χ4n) is 5.29. The van der Waals surface area contributed by atoms with Gasteiger partial charge in [0.25, 0.3) is 0 Å². The van der Waals surface area contributed by atoms with Gasteiger partial charge in [-0.05, 0) is 0 Å². The average molecular weight is 933 g/mol. The second kappa shape index (κ2) is 21.6. The average Bonchev–Trinajstić information content (AvgIpc) is 3.12. The normalized spacial score (nSPS) is 10.7. The first kappa shape index (κ1) is 37.5. The van der Waals surface area contributed by atoms with Crippen LogP contribution >= 0.6 is 0 Å². The molecule has 0 amide bonds. The zero-order valence-electron chi connectivity index (χ0n) is 28.4. The van der Waals surface area contributed by atoms with E-state index in [1.54, 1.807) is 8.87 Å². The van der Waals surface area contributed by atoms with E-state index in [1.807, 2.05) is 0 Å². The zero-order chi connectivity index (χ0) is 33.1. The summed E-state index contributed by atoms with van der Waals surface area (Å²) in [5.41, 5.74) is 0. The molecule has 6 rings (SSSR count). The minimum absolute atomic E-state index is 0.0709. The van der Waals surface area contributed by atoms with Crippen LogP contribution < -0.4 is 21.5 Å². The van der Waals surface area contributed by atoms with Gasteiger partial charge in [0, 0.05) is 0 Å². The third-order valence-electron chi connectivity index (χ3n) is 7.48. The first-order valence-corrected chi connectivity index (χ1v) is 29.4. The fourth-order valence-corrected chi connectivity index (χ4v) is 23.8. The maximum atomic E-state index is 2.33. The molecular formula is C44H48Sn3. The Hall–Kier alpha value is -2.28. The molecule has 4 radical (unpaired) electrons. The van der Waals surface area contributed by atoms with Crippen molar-refractivity contribution in [2.45, 2.75) is 36.6 Å². The predicted molar refractivity (Wildman–Crippen MR) is 213 cm³/mol. The van der Waals surface area contributed by atoms with Gasteiger partial charge in [0.05, 0.1) is 0 Å². The van der Waals surface area contributed by atoms with E-state index in [-0.39, 0.29) is 21.1 Å². The Morgan fingerprint density at radius 3 is 0.638 bits per heavy atom. The third kappa shape index (κ3) is 13.3. The first-order valence-electron chi connectivity index (χ1n) is 16.8. The van der Waals surface area contributed by atoms with Crippen LogP contribution in [0, 0.1) is 11.8 Å². The standard InChI is InChI=1S/6C6H5.2C4H9.3Sn/c6*1-2-4-6-5-3-1;2*1-4(2)3;;;/h6*1-5H;2*4H,1H2,2-3H3;;;. The molecule has 0 aliphatic heterocycles. The van der Waals surface area contributed by atoms with E-state index < -0.39 is 39.5 Å². The Morgan fingerprint density at radius 2 is 0.489 bits per heavy atom. The van der Waals surface area contributed by atoms with Gasteiger partial charge < -0.3 is 0 Å². The summed E-state index contributed by atoms with van der Waals surface area (Å²) >= 11 is -3.89. The van der Waals surface area contributed by atoms with Crippen molar-refractivity contribution in [3.05, 3.63) is 182 Å². The number of hydrogen-bond donors (Lipinski definition) is 0. The molecule has 0 nitrogen and oxygen atoms in total. The van der Waals surface area contributed by atoms with Gasteiger partial charge in [-0.15, -0.1) is 0 Å². The molecule has 3 heteroatoms. The van der Waals surface area contributed by atoms with Crippen molar-refractivity contribution in [2.75, 3.05) is 0 Å². The van der Waals surface area contributed by atoms with E-state index in [4.69, 9.17) is 0 Å². The molecule has 236 valence electrons. The Labute approximate surface area is 309 Å². The summed E-state index contributed by atoms with van der Waals surface area (Å²) < 4.78 is 12.3. The van der Waals surface area contributed by atoms with Crippen LogP contribution in [0.25, 0.3) is 0 Å². The molecule has 0 aliphatic rings. The molecule has 0 saturated heterocycles. The molecule has 0 spiro atoms. The van der Waals surface area contributed by atoms with Crippen LogP contribution in [0.5, 0.6) is 0 Å². The predicted octanol–water partition coefficient (Wildman–Crippen LogP) is 7.24. The molecule has 0 unspecified atom stereocenters. The van der Waals surface area contributed by atoms with Crippen molar-refractivity contribution >= 4 is 82.1 Å². The summed E-state index contributed by atoms with van der Waals surface area (Å²) in [6, 6.07) is 65.9. The van der Waals surface area contributed by atoms with E-state index in [1.165, 1.54) is 21.5 Å². The van der Waals surface area contributed by atoms with Crippen molar-refractivity contribution in [3.63, 3.8) is 0 Å². The summed E-state index contributed by atoms with van der Waals surface area (Å²) in [5, 5.41) is 0. The van der Waals surface area contributed by atoms with E-state index in [2.05, 4.69) is 210 Å². The van der Waals surface area contributed by atoms with Gasteiger partial charge in [0.2, 0.25) is 0 Å². The Morgan fingerprint density at radius 1 is 0.319 bits per heavy atom. The van der Waals surface area contributed by atoms with E-state index in [0.29, 0.717) is 0 Å². The van der Waals surface area contributed by atoms with Gasteiger partial charge in [0.1, 0.15) is 0 Å². The van der Waals surface area contributed by atoms with Gasteiger partial charge in [0.15, 0.2) is 0 Å². The van der Waals surface area contributed by atoms with Crippen molar-refractivity contribution in [1.82, 2.24) is 0 Å². The molecule has 0 heterocycles. The molecule has 0 N–H and O–H groups in total. The molecule has 0 aromatic heterocycles. The number of rotatable bonds is 10. The molecule has 0 saturated carbocycles. The molecular weight excluding hydrogens is 885 g/mol. The monoisotopic (exact) mass is 936 g/mol. The molecule has 0 fully saturated rings. The third-order valence-corrected chi connectivity index (χ3v) is 29.4. The van der Waals surface area contributed by atoms with Crippen LogP contribution in [0.15, 0.2) is 182 Å². The summed E-state index contributed by atoms with van der Waals surface area (Å²) in [6.45, 7) is 9.34. The SMILES string of the molecule is CC(C)[CH2][Sn][CH2]C(C)C.c1cc[c]([Sn]([c]2ccccc2)[c]2ccccc2)cc1.c1cc[c]([Sn]([c]2ccccc2)[c]2ccccc2)cc1. The second-order valence-electron chi connectivity index (χ2n) is 12.4. The Bertz CT molecular complexity index is 1310. The quantitative estimate of drug-likeness (QED) is 0.127. The topological polar surface area (TPSA) is 0 Å². The van der Waals surface area contributed by atoms with Crippen LogP contribution in [0.3, 0.4) is 0 Å². The zero-order valence-corrected chi connectivity index (χ0v) is 37.0. The maximum absolute atomic E-state index is 2.33. The molecule has 6 aromatic carbocycles. The first-order chi connectivity index (χ1) is 23.0. The molecule has 47 heavy (non-hydrogen) atoms. The van der Waals surface area contributed by atoms with Crippen molar-refractivity contribution in [3.8, 4) is 0 Å². The summed E-state index contributed by atoms with van der Waals surface area (Å²) in [7, 11) is 0. The van der Waals surface area contributed by atoms with Gasteiger partial charge in [-0.3, -0.25) is 0 Å². The van der Waals surface area contributed by atoms with Gasteiger partial charge in [-0.2, -0.15) is 0 Å². The van der Waals surface area contributed by atoms with Crippen LogP contribution in [0.4, 0.5) is 0 Å². The van der Waals surface area contributed by atoms with Crippen LogP contribution in [-0.4, -0.2) is 60.7 Å². The summed E-state index contributed by atoms with van der Waals surface area (Å²) in [6.07, 6.45) is 0. The molecule has 0 aliphatic carbocycles. The molecule has 6 aromatic rings. The van der Waals surface area contributed by atoms with Crippen molar-refractivity contribution in [2.24, 2.45) is 11.8 Å². The summed E-state index contributed by atoms with van der Waals surface area (Å²) in [4.78, 5) is 0. The summed E-state index contributed by atoms with van der Waals surface area (Å²) in [5.74, 6) is 1.94.